The Balaban J connectivity index is 2.38. The van der Waals surface area contributed by atoms with Crippen molar-refractivity contribution in [2.45, 2.75) is 33.6 Å². The molecule has 100 valence electrons. The minimum absolute atomic E-state index is 0.103. The van der Waals surface area contributed by atoms with Gasteiger partial charge in [-0.2, -0.15) is 0 Å². The lowest BCUT2D eigenvalue weighted by Crippen LogP contribution is -2.30. The first-order valence-electron chi connectivity index (χ1n) is 6.02. The third kappa shape index (κ3) is 4.46. The van der Waals surface area contributed by atoms with Crippen molar-refractivity contribution >= 4 is 28.8 Å². The molecule has 1 rings (SSSR count). The third-order valence-corrected chi connectivity index (χ3v) is 3.99. The highest BCUT2D eigenvalue weighted by Gasteiger charge is 2.20. The van der Waals surface area contributed by atoms with E-state index in [2.05, 4.69) is 13.8 Å². The molecule has 2 nitrogen and oxygen atoms in total. The van der Waals surface area contributed by atoms with Crippen LogP contribution >= 0.6 is 23.8 Å². The fourth-order valence-electron chi connectivity index (χ4n) is 1.53. The van der Waals surface area contributed by atoms with E-state index in [-0.39, 0.29) is 5.41 Å². The Morgan fingerprint density at radius 2 is 2.11 bits per heavy atom. The summed E-state index contributed by atoms with van der Waals surface area (Å²) < 4.78 is 5.67. The van der Waals surface area contributed by atoms with E-state index in [1.54, 1.807) is 0 Å². The molecule has 0 amide bonds. The quantitative estimate of drug-likeness (QED) is 0.631. The SMILES string of the molecule is Cc1cc(OCCCC(C)(C)C(N)=S)ccc1Cl. The van der Waals surface area contributed by atoms with Crippen LogP contribution in [0.2, 0.25) is 5.02 Å². The predicted molar refractivity (Wildman–Crippen MR) is 81.5 cm³/mol. The van der Waals surface area contributed by atoms with Gasteiger partial charge in [-0.05, 0) is 43.5 Å². The molecular formula is C14H20ClNOS. The lowest BCUT2D eigenvalue weighted by atomic mass is 9.88. The van der Waals surface area contributed by atoms with Crippen molar-refractivity contribution in [1.82, 2.24) is 0 Å². The molecule has 0 saturated carbocycles. The molecule has 0 aliphatic carbocycles. The van der Waals surface area contributed by atoms with E-state index < -0.39 is 0 Å². The largest absolute Gasteiger partial charge is 0.494 e. The zero-order valence-electron chi connectivity index (χ0n) is 11.1. The second-order valence-corrected chi connectivity index (χ2v) is 5.96. The van der Waals surface area contributed by atoms with Crippen molar-refractivity contribution in [2.24, 2.45) is 11.1 Å². The van der Waals surface area contributed by atoms with E-state index in [4.69, 9.17) is 34.3 Å². The molecule has 0 atom stereocenters. The Kier molecular flexibility index (Phi) is 5.42. The van der Waals surface area contributed by atoms with Gasteiger partial charge in [0.1, 0.15) is 5.75 Å². The lowest BCUT2D eigenvalue weighted by Gasteiger charge is -2.22. The van der Waals surface area contributed by atoms with Crippen molar-refractivity contribution in [3.8, 4) is 5.75 Å². The first-order chi connectivity index (χ1) is 8.33. The van der Waals surface area contributed by atoms with Crippen molar-refractivity contribution in [1.29, 1.82) is 0 Å². The van der Waals surface area contributed by atoms with Crippen molar-refractivity contribution in [3.63, 3.8) is 0 Å². The molecule has 1 aromatic rings. The van der Waals surface area contributed by atoms with Crippen LogP contribution in [0.3, 0.4) is 0 Å². The fourth-order valence-corrected chi connectivity index (χ4v) is 1.75. The summed E-state index contributed by atoms with van der Waals surface area (Å²) in [5, 5.41) is 0.761. The number of halogens is 1. The molecule has 0 unspecified atom stereocenters. The molecule has 0 spiro atoms. The van der Waals surface area contributed by atoms with E-state index in [0.717, 1.165) is 29.2 Å². The average Bonchev–Trinajstić information content (AvgIpc) is 2.29. The highest BCUT2D eigenvalue weighted by atomic mass is 35.5. The van der Waals surface area contributed by atoms with Gasteiger partial charge in [0.25, 0.3) is 0 Å². The van der Waals surface area contributed by atoms with Gasteiger partial charge < -0.3 is 10.5 Å². The van der Waals surface area contributed by atoms with Crippen LogP contribution in [0.5, 0.6) is 5.75 Å². The highest BCUT2D eigenvalue weighted by molar-refractivity contribution is 7.80. The highest BCUT2D eigenvalue weighted by Crippen LogP contribution is 2.24. The standard InChI is InChI=1S/C14H20ClNOS/c1-10-9-11(5-6-12(10)15)17-8-4-7-14(2,3)13(16)18/h5-6,9H,4,7-8H2,1-3H3,(H2,16,18). The van der Waals surface area contributed by atoms with Crippen molar-refractivity contribution < 1.29 is 4.74 Å². The van der Waals surface area contributed by atoms with Crippen LogP contribution in [0.1, 0.15) is 32.3 Å². The van der Waals surface area contributed by atoms with Gasteiger partial charge in [-0.25, -0.2) is 0 Å². The summed E-state index contributed by atoms with van der Waals surface area (Å²) in [5.74, 6) is 0.852. The normalized spacial score (nSPS) is 11.3. The first kappa shape index (κ1) is 15.3. The maximum absolute atomic E-state index is 5.95. The van der Waals surface area contributed by atoms with Crippen LogP contribution in [-0.2, 0) is 0 Å². The van der Waals surface area contributed by atoms with Crippen molar-refractivity contribution in [3.05, 3.63) is 28.8 Å². The summed E-state index contributed by atoms with van der Waals surface area (Å²) in [6.07, 6.45) is 1.85. The summed E-state index contributed by atoms with van der Waals surface area (Å²) in [4.78, 5) is 0.560. The Morgan fingerprint density at radius 3 is 2.67 bits per heavy atom. The van der Waals surface area contributed by atoms with Crippen LogP contribution < -0.4 is 10.5 Å². The summed E-state index contributed by atoms with van der Waals surface area (Å²) >= 11 is 11.0. The molecule has 2 N–H and O–H groups in total. The van der Waals surface area contributed by atoms with E-state index in [9.17, 15) is 0 Å². The zero-order chi connectivity index (χ0) is 13.8. The Hall–Kier alpha value is -0.800. The number of hydrogen-bond acceptors (Lipinski definition) is 2. The number of benzene rings is 1. The third-order valence-electron chi connectivity index (χ3n) is 3.01. The Bertz CT molecular complexity index is 432. The number of aryl methyl sites for hydroxylation is 1. The van der Waals surface area contributed by atoms with E-state index >= 15 is 0 Å². The topological polar surface area (TPSA) is 35.2 Å². The second kappa shape index (κ2) is 6.39. The molecule has 0 fully saturated rings. The summed E-state index contributed by atoms with van der Waals surface area (Å²) in [5.41, 5.74) is 6.60. The molecule has 18 heavy (non-hydrogen) atoms. The van der Waals surface area contributed by atoms with E-state index in [1.165, 1.54) is 0 Å². The molecule has 0 heterocycles. The summed E-state index contributed by atoms with van der Waals surface area (Å²) in [7, 11) is 0. The number of nitrogens with two attached hydrogens (primary N) is 1. The van der Waals surface area contributed by atoms with Crippen LogP contribution in [0, 0.1) is 12.3 Å². The van der Waals surface area contributed by atoms with Crippen LogP contribution in [0.4, 0.5) is 0 Å². The molecule has 0 saturated heterocycles. The van der Waals surface area contributed by atoms with E-state index in [1.807, 2.05) is 25.1 Å². The average molecular weight is 286 g/mol. The van der Waals surface area contributed by atoms with Gasteiger partial charge in [-0.15, -0.1) is 0 Å². The minimum atomic E-state index is -0.103. The number of rotatable bonds is 6. The van der Waals surface area contributed by atoms with Gasteiger partial charge in [0, 0.05) is 10.4 Å². The maximum Gasteiger partial charge on any atom is 0.119 e. The maximum atomic E-state index is 5.95. The zero-order valence-corrected chi connectivity index (χ0v) is 12.7. The molecule has 0 bridgehead atoms. The first-order valence-corrected chi connectivity index (χ1v) is 6.80. The molecule has 0 aliphatic rings. The number of thiocarbonyl (C=S) groups is 1. The number of ether oxygens (including phenoxy) is 1. The van der Waals surface area contributed by atoms with Gasteiger partial charge in [0.05, 0.1) is 11.6 Å². The van der Waals surface area contributed by atoms with Gasteiger partial charge in [-0.1, -0.05) is 37.7 Å². The Labute approximate surface area is 119 Å². The molecule has 4 heteroatoms. The lowest BCUT2D eigenvalue weighted by molar-refractivity contribution is 0.287. The van der Waals surface area contributed by atoms with E-state index in [0.29, 0.717) is 11.6 Å². The van der Waals surface area contributed by atoms with Crippen molar-refractivity contribution in [2.75, 3.05) is 6.61 Å². The van der Waals surface area contributed by atoms with Gasteiger partial charge in [-0.3, -0.25) is 0 Å². The summed E-state index contributed by atoms with van der Waals surface area (Å²) in [6.45, 7) is 6.74. The number of hydrogen-bond donors (Lipinski definition) is 1. The molecule has 0 aromatic heterocycles. The summed E-state index contributed by atoms with van der Waals surface area (Å²) in [6, 6.07) is 5.68. The van der Waals surface area contributed by atoms with Crippen LogP contribution in [0.15, 0.2) is 18.2 Å². The monoisotopic (exact) mass is 285 g/mol. The smallest absolute Gasteiger partial charge is 0.119 e. The minimum Gasteiger partial charge on any atom is -0.494 e. The Morgan fingerprint density at radius 1 is 1.44 bits per heavy atom. The molecular weight excluding hydrogens is 266 g/mol. The predicted octanol–water partition coefficient (Wildman–Crippen LogP) is 4.12. The second-order valence-electron chi connectivity index (χ2n) is 5.11. The molecule has 1 aromatic carbocycles. The fraction of sp³-hybridized carbons (Fsp3) is 0.500. The van der Waals surface area contributed by atoms with Crippen LogP contribution in [0.25, 0.3) is 0 Å². The molecule has 0 aliphatic heterocycles. The van der Waals surface area contributed by atoms with Crippen LogP contribution in [-0.4, -0.2) is 11.6 Å². The van der Waals surface area contributed by atoms with Gasteiger partial charge in [0.15, 0.2) is 0 Å². The van der Waals surface area contributed by atoms with Gasteiger partial charge >= 0.3 is 0 Å². The van der Waals surface area contributed by atoms with Gasteiger partial charge in [0.2, 0.25) is 0 Å². The molecule has 0 radical (unpaired) electrons.